The number of halogens is 3. The minimum atomic E-state index is -4.66. The van der Waals surface area contributed by atoms with E-state index >= 15 is 0 Å². The number of piperidine rings is 1. The van der Waals surface area contributed by atoms with Crippen LogP contribution < -0.4 is 15.4 Å². The van der Waals surface area contributed by atoms with Gasteiger partial charge in [-0.25, -0.2) is 14.8 Å². The van der Waals surface area contributed by atoms with Gasteiger partial charge in [0.2, 0.25) is 5.88 Å². The van der Waals surface area contributed by atoms with Gasteiger partial charge in [-0.15, -0.1) is 0 Å². The van der Waals surface area contributed by atoms with E-state index in [-0.39, 0.29) is 28.6 Å². The van der Waals surface area contributed by atoms with E-state index in [1.807, 2.05) is 20.8 Å². The summed E-state index contributed by atoms with van der Waals surface area (Å²) in [5.74, 6) is -0.334. The lowest BCUT2D eigenvalue weighted by Crippen LogP contribution is -2.44. The molecule has 11 nitrogen and oxygen atoms in total. The van der Waals surface area contributed by atoms with Crippen LogP contribution in [0, 0.1) is 6.92 Å². The largest absolute Gasteiger partial charge is 0.474 e. The number of hydrogen-bond acceptors (Lipinski definition) is 10. The maximum atomic E-state index is 13.0. The number of aryl methyl sites for hydroxylation is 1. The van der Waals surface area contributed by atoms with Gasteiger partial charge in [0, 0.05) is 32.0 Å². The molecule has 1 aliphatic rings. The number of likely N-dealkylation sites (tertiary alicyclic amines) is 1. The van der Waals surface area contributed by atoms with Crippen molar-refractivity contribution in [2.24, 2.45) is 0 Å². The molecule has 1 saturated heterocycles. The Morgan fingerprint density at radius 2 is 1.82 bits per heavy atom. The summed E-state index contributed by atoms with van der Waals surface area (Å²) < 4.78 is 54.4. The summed E-state index contributed by atoms with van der Waals surface area (Å²) in [5, 5.41) is 5.63. The SMILES string of the molecule is Cc1nsc(Nc2cncc(C(F)(F)F)n2)c1C(=O)Nc1ccc(OC2CCN(C(=O)OC(C)(C)C)CC2)nc1. The molecule has 0 aliphatic carbocycles. The van der Waals surface area contributed by atoms with E-state index in [9.17, 15) is 22.8 Å². The van der Waals surface area contributed by atoms with E-state index in [1.165, 1.54) is 6.20 Å². The minimum absolute atomic E-state index is 0.126. The average molecular weight is 580 g/mol. The van der Waals surface area contributed by atoms with Crippen molar-refractivity contribution in [2.45, 2.75) is 58.4 Å². The lowest BCUT2D eigenvalue weighted by molar-refractivity contribution is -0.141. The molecule has 0 unspecified atom stereocenters. The normalized spacial score (nSPS) is 14.5. The van der Waals surface area contributed by atoms with Crippen LogP contribution in [0.5, 0.6) is 5.88 Å². The van der Waals surface area contributed by atoms with Crippen LogP contribution in [0.15, 0.2) is 30.7 Å². The van der Waals surface area contributed by atoms with E-state index in [0.717, 1.165) is 17.7 Å². The Kier molecular flexibility index (Phi) is 8.42. The molecule has 0 aromatic carbocycles. The van der Waals surface area contributed by atoms with E-state index in [2.05, 4.69) is 30.0 Å². The molecule has 2 amide bonds. The van der Waals surface area contributed by atoms with Gasteiger partial charge in [-0.1, -0.05) is 0 Å². The molecule has 4 heterocycles. The summed E-state index contributed by atoms with van der Waals surface area (Å²) >= 11 is 0.910. The molecule has 0 saturated carbocycles. The van der Waals surface area contributed by atoms with Crippen LogP contribution in [0.25, 0.3) is 0 Å². The summed E-state index contributed by atoms with van der Waals surface area (Å²) in [6, 6.07) is 3.24. The molecular weight excluding hydrogens is 551 g/mol. The van der Waals surface area contributed by atoms with Gasteiger partial charge in [0.25, 0.3) is 5.91 Å². The van der Waals surface area contributed by atoms with Gasteiger partial charge in [0.15, 0.2) is 5.69 Å². The molecule has 214 valence electrons. The number of carbonyl (C=O) groups is 2. The molecule has 1 fully saturated rings. The monoisotopic (exact) mass is 579 g/mol. The molecular formula is C25H28F3N7O4S. The number of rotatable bonds is 6. The smallest absolute Gasteiger partial charge is 0.434 e. The molecule has 0 radical (unpaired) electrons. The number of aromatic nitrogens is 4. The predicted molar refractivity (Wildman–Crippen MR) is 141 cm³/mol. The van der Waals surface area contributed by atoms with Crippen molar-refractivity contribution in [1.29, 1.82) is 0 Å². The van der Waals surface area contributed by atoms with E-state index in [1.54, 1.807) is 24.0 Å². The van der Waals surface area contributed by atoms with Gasteiger partial charge in [-0.3, -0.25) is 9.78 Å². The first-order valence-corrected chi connectivity index (χ1v) is 13.1. The zero-order valence-electron chi connectivity index (χ0n) is 22.2. The molecule has 4 rings (SSSR count). The standard InChI is InChI=1S/C25H28F3N7O4S/c1-14-20(22(40-34-14)33-18-13-29-12-17(32-18)25(26,27)28)21(36)31-15-5-6-19(30-11-15)38-16-7-9-35(10-8-16)23(37)39-24(2,3)4/h5-6,11-13,16H,7-10H2,1-4H3,(H,31,36)(H,32,33). The average Bonchev–Trinajstić information content (AvgIpc) is 3.24. The van der Waals surface area contributed by atoms with Crippen molar-refractivity contribution < 1.29 is 32.2 Å². The van der Waals surface area contributed by atoms with Crippen LogP contribution >= 0.6 is 11.5 Å². The number of nitrogens with zero attached hydrogens (tertiary/aromatic N) is 5. The third kappa shape index (κ3) is 7.55. The van der Waals surface area contributed by atoms with Crippen molar-refractivity contribution in [3.63, 3.8) is 0 Å². The molecule has 3 aromatic heterocycles. The Labute approximate surface area is 232 Å². The number of nitrogens with one attached hydrogen (secondary N) is 2. The van der Waals surface area contributed by atoms with Crippen molar-refractivity contribution in [3.8, 4) is 5.88 Å². The van der Waals surface area contributed by atoms with Crippen LogP contribution in [0.2, 0.25) is 0 Å². The molecule has 0 bridgehead atoms. The molecule has 15 heteroatoms. The topological polar surface area (TPSA) is 131 Å². The molecule has 1 aliphatic heterocycles. The Morgan fingerprint density at radius 3 is 2.45 bits per heavy atom. The Hall–Kier alpha value is -4.01. The Morgan fingerprint density at radius 1 is 1.10 bits per heavy atom. The van der Waals surface area contributed by atoms with Crippen molar-refractivity contribution >= 4 is 40.0 Å². The van der Waals surface area contributed by atoms with Crippen molar-refractivity contribution in [3.05, 3.63) is 47.7 Å². The zero-order chi connectivity index (χ0) is 29.1. The van der Waals surface area contributed by atoms with Gasteiger partial charge < -0.3 is 25.0 Å². The molecule has 2 N–H and O–H groups in total. The minimum Gasteiger partial charge on any atom is -0.474 e. The predicted octanol–water partition coefficient (Wildman–Crippen LogP) is 5.43. The molecule has 0 spiro atoms. The van der Waals surface area contributed by atoms with Crippen LogP contribution in [0.4, 0.5) is 34.5 Å². The van der Waals surface area contributed by atoms with Crippen LogP contribution in [0.1, 0.15) is 55.4 Å². The van der Waals surface area contributed by atoms with Gasteiger partial charge in [0.05, 0.1) is 35.5 Å². The van der Waals surface area contributed by atoms with E-state index in [4.69, 9.17) is 9.47 Å². The fourth-order valence-electron chi connectivity index (χ4n) is 3.77. The van der Waals surface area contributed by atoms with Crippen molar-refractivity contribution in [1.82, 2.24) is 24.2 Å². The third-order valence-corrected chi connectivity index (χ3v) is 6.49. The van der Waals surface area contributed by atoms with Crippen LogP contribution in [-0.4, -0.2) is 61.0 Å². The second-order valence-corrected chi connectivity index (χ2v) is 10.8. The maximum absolute atomic E-state index is 13.0. The Bertz CT molecular complexity index is 1350. The summed E-state index contributed by atoms with van der Waals surface area (Å²) in [6.45, 7) is 8.08. The third-order valence-electron chi connectivity index (χ3n) is 5.63. The highest BCUT2D eigenvalue weighted by Crippen LogP contribution is 2.31. The highest BCUT2D eigenvalue weighted by molar-refractivity contribution is 7.10. The number of anilines is 3. The second-order valence-electron chi connectivity index (χ2n) is 10.0. The number of hydrogen-bond donors (Lipinski definition) is 2. The lowest BCUT2D eigenvalue weighted by atomic mass is 10.1. The van der Waals surface area contributed by atoms with Crippen molar-refractivity contribution in [2.75, 3.05) is 23.7 Å². The van der Waals surface area contributed by atoms with E-state index in [0.29, 0.717) is 49.4 Å². The quantitative estimate of drug-likeness (QED) is 0.392. The first kappa shape index (κ1) is 29.0. The number of carbonyl (C=O) groups excluding carboxylic acids is 2. The molecule has 3 aromatic rings. The summed E-state index contributed by atoms with van der Waals surface area (Å²) in [6.07, 6.45) is -0.718. The fraction of sp³-hybridized carbons (Fsp3) is 0.440. The first-order valence-electron chi connectivity index (χ1n) is 12.3. The number of alkyl halides is 3. The van der Waals surface area contributed by atoms with Gasteiger partial charge in [-0.2, -0.15) is 17.5 Å². The second kappa shape index (κ2) is 11.6. The summed E-state index contributed by atoms with van der Waals surface area (Å²) in [4.78, 5) is 38.2. The number of ether oxygens (including phenoxy) is 2. The van der Waals surface area contributed by atoms with Gasteiger partial charge in [-0.05, 0) is 45.3 Å². The highest BCUT2D eigenvalue weighted by atomic mass is 32.1. The van der Waals surface area contributed by atoms with Gasteiger partial charge >= 0.3 is 12.3 Å². The lowest BCUT2D eigenvalue weighted by Gasteiger charge is -2.33. The van der Waals surface area contributed by atoms with Crippen LogP contribution in [-0.2, 0) is 10.9 Å². The van der Waals surface area contributed by atoms with Crippen LogP contribution in [0.3, 0.4) is 0 Å². The number of amides is 2. The number of pyridine rings is 1. The van der Waals surface area contributed by atoms with E-state index < -0.39 is 23.4 Å². The zero-order valence-corrected chi connectivity index (χ0v) is 23.0. The Balaban J connectivity index is 1.33. The maximum Gasteiger partial charge on any atom is 0.434 e. The summed E-state index contributed by atoms with van der Waals surface area (Å²) in [5.41, 5.74) is -0.796. The fourth-order valence-corrected chi connectivity index (χ4v) is 4.57. The summed E-state index contributed by atoms with van der Waals surface area (Å²) in [7, 11) is 0. The molecule has 0 atom stereocenters. The van der Waals surface area contributed by atoms with Gasteiger partial charge in [0.1, 0.15) is 22.5 Å². The first-order chi connectivity index (χ1) is 18.8. The highest BCUT2D eigenvalue weighted by Gasteiger charge is 2.33. The molecule has 40 heavy (non-hydrogen) atoms.